The summed E-state index contributed by atoms with van der Waals surface area (Å²) in [5.74, 6) is 0.351. The molecular formula is C27H22BrN3O2. The number of rotatable bonds is 4. The summed E-state index contributed by atoms with van der Waals surface area (Å²) in [6.07, 6.45) is 2.60. The van der Waals surface area contributed by atoms with E-state index in [2.05, 4.69) is 15.9 Å². The van der Waals surface area contributed by atoms with Crippen LogP contribution in [0.25, 0.3) is 28.2 Å². The van der Waals surface area contributed by atoms with Gasteiger partial charge in [0.2, 0.25) is 0 Å². The molecule has 0 saturated carbocycles. The molecule has 0 fully saturated rings. The van der Waals surface area contributed by atoms with E-state index in [1.54, 1.807) is 21.6 Å². The molecule has 0 spiro atoms. The third-order valence-corrected chi connectivity index (χ3v) is 6.39. The summed E-state index contributed by atoms with van der Waals surface area (Å²) in [6, 6.07) is 20.9. The van der Waals surface area contributed by atoms with Crippen LogP contribution in [-0.4, -0.2) is 22.0 Å². The molecule has 4 aromatic rings. The van der Waals surface area contributed by atoms with Crippen LogP contribution < -0.4 is 10.5 Å². The minimum Gasteiger partial charge on any atom is -0.308 e. The Balaban J connectivity index is 1.82. The molecule has 0 atom stereocenters. The van der Waals surface area contributed by atoms with Crippen molar-refractivity contribution in [2.45, 2.75) is 20.3 Å². The number of fused-ring (bicyclic) bond motifs is 2. The van der Waals surface area contributed by atoms with Crippen molar-refractivity contribution in [3.8, 4) is 5.69 Å². The number of aryl methyl sites for hydroxylation is 1. The quantitative estimate of drug-likeness (QED) is 0.335. The van der Waals surface area contributed by atoms with Gasteiger partial charge in [0.25, 0.3) is 11.5 Å². The lowest BCUT2D eigenvalue weighted by Gasteiger charge is -2.16. The van der Waals surface area contributed by atoms with Gasteiger partial charge < -0.3 is 4.90 Å². The van der Waals surface area contributed by atoms with Gasteiger partial charge in [-0.25, -0.2) is 4.98 Å². The molecule has 6 heteroatoms. The van der Waals surface area contributed by atoms with Gasteiger partial charge in [-0.3, -0.25) is 14.2 Å². The van der Waals surface area contributed by atoms with Crippen LogP contribution in [0.5, 0.6) is 0 Å². The van der Waals surface area contributed by atoms with Crippen molar-refractivity contribution in [3.63, 3.8) is 0 Å². The zero-order chi connectivity index (χ0) is 23.1. The summed E-state index contributed by atoms with van der Waals surface area (Å²) in [5.41, 5.74) is 4.38. The van der Waals surface area contributed by atoms with Crippen LogP contribution in [0.4, 0.5) is 5.69 Å². The largest absolute Gasteiger partial charge is 0.308 e. The minimum atomic E-state index is -0.160. The van der Waals surface area contributed by atoms with Crippen molar-refractivity contribution in [1.82, 2.24) is 9.55 Å². The lowest BCUT2D eigenvalue weighted by Crippen LogP contribution is -2.27. The Morgan fingerprint density at radius 3 is 2.52 bits per heavy atom. The summed E-state index contributed by atoms with van der Waals surface area (Å²) in [5, 5.41) is 0.538. The Labute approximate surface area is 200 Å². The van der Waals surface area contributed by atoms with Crippen LogP contribution in [0.3, 0.4) is 0 Å². The average Bonchev–Trinajstić information content (AvgIpc) is 3.06. The monoisotopic (exact) mass is 499 g/mol. The molecule has 1 aromatic heterocycles. The molecule has 0 aliphatic carbocycles. The number of halogens is 1. The summed E-state index contributed by atoms with van der Waals surface area (Å²) < 4.78 is 2.50. The normalized spacial score (nSPS) is 14.3. The first-order valence-electron chi connectivity index (χ1n) is 10.9. The van der Waals surface area contributed by atoms with E-state index in [4.69, 9.17) is 4.98 Å². The number of hydrogen-bond donors (Lipinski definition) is 0. The number of anilines is 1. The Kier molecular flexibility index (Phi) is 5.46. The zero-order valence-corrected chi connectivity index (χ0v) is 20.0. The molecule has 0 unspecified atom stereocenters. The molecule has 2 heterocycles. The van der Waals surface area contributed by atoms with Crippen LogP contribution in [-0.2, 0) is 4.79 Å². The zero-order valence-electron chi connectivity index (χ0n) is 18.4. The van der Waals surface area contributed by atoms with Crippen molar-refractivity contribution >= 4 is 50.1 Å². The van der Waals surface area contributed by atoms with E-state index in [0.717, 1.165) is 33.4 Å². The first-order chi connectivity index (χ1) is 16.0. The maximum atomic E-state index is 13.6. The highest BCUT2D eigenvalue weighted by Gasteiger charge is 2.32. The summed E-state index contributed by atoms with van der Waals surface area (Å²) >= 11 is 3.53. The number of hydrogen-bond acceptors (Lipinski definition) is 3. The standard InChI is InChI=1S/C27H22BrN3O2/c1-3-14-30-24-13-12-18(28)15-20(24)21(26(30)32)16-25-29-22-10-6-5-9-19(22)27(33)31(25)23-11-7-4-8-17(23)2/h4-13,15-16H,3,14H2,1-2H3. The fourth-order valence-electron chi connectivity index (χ4n) is 4.34. The second kappa shape index (κ2) is 8.45. The Hall–Kier alpha value is -3.51. The summed E-state index contributed by atoms with van der Waals surface area (Å²) in [6.45, 7) is 4.64. The minimum absolute atomic E-state index is 0.0799. The fourth-order valence-corrected chi connectivity index (χ4v) is 4.70. The van der Waals surface area contributed by atoms with Gasteiger partial charge in [0.15, 0.2) is 0 Å². The second-order valence-corrected chi connectivity index (χ2v) is 9.01. The average molecular weight is 500 g/mol. The Morgan fingerprint density at radius 2 is 1.73 bits per heavy atom. The molecule has 33 heavy (non-hydrogen) atoms. The molecule has 1 aliphatic rings. The molecule has 1 aliphatic heterocycles. The molecule has 0 bridgehead atoms. The third-order valence-electron chi connectivity index (χ3n) is 5.89. The van der Waals surface area contributed by atoms with Crippen LogP contribution in [0.15, 0.2) is 76.0 Å². The van der Waals surface area contributed by atoms with Gasteiger partial charge in [0, 0.05) is 16.6 Å². The molecule has 0 saturated heterocycles. The number of benzene rings is 3. The smallest absolute Gasteiger partial charge is 0.266 e. The van der Waals surface area contributed by atoms with Crippen molar-refractivity contribution in [2.24, 2.45) is 0 Å². The summed E-state index contributed by atoms with van der Waals surface area (Å²) in [7, 11) is 0. The molecular weight excluding hydrogens is 478 g/mol. The lowest BCUT2D eigenvalue weighted by atomic mass is 10.1. The SMILES string of the molecule is CCCN1C(=O)C(=Cc2nc3ccccc3c(=O)n2-c2ccccc2C)c2cc(Br)ccc21. The van der Waals surface area contributed by atoms with Gasteiger partial charge in [-0.05, 0) is 61.4 Å². The van der Waals surface area contributed by atoms with Crippen molar-refractivity contribution < 1.29 is 4.79 Å². The number of carbonyl (C=O) groups is 1. The van der Waals surface area contributed by atoms with Crippen molar-refractivity contribution in [2.75, 3.05) is 11.4 Å². The van der Waals surface area contributed by atoms with Gasteiger partial charge in [-0.15, -0.1) is 0 Å². The van der Waals surface area contributed by atoms with Crippen LogP contribution >= 0.6 is 15.9 Å². The lowest BCUT2D eigenvalue weighted by molar-refractivity contribution is -0.113. The maximum Gasteiger partial charge on any atom is 0.266 e. The van der Waals surface area contributed by atoms with Crippen LogP contribution in [0.2, 0.25) is 0 Å². The number of para-hydroxylation sites is 2. The van der Waals surface area contributed by atoms with Gasteiger partial charge in [-0.2, -0.15) is 0 Å². The first-order valence-corrected chi connectivity index (χ1v) is 11.7. The second-order valence-electron chi connectivity index (χ2n) is 8.09. The van der Waals surface area contributed by atoms with Crippen molar-refractivity contribution in [1.29, 1.82) is 0 Å². The van der Waals surface area contributed by atoms with E-state index < -0.39 is 0 Å². The van der Waals surface area contributed by atoms with E-state index >= 15 is 0 Å². The molecule has 0 N–H and O–H groups in total. The molecule has 5 nitrogen and oxygen atoms in total. The fraction of sp³-hybridized carbons (Fsp3) is 0.148. The van der Waals surface area contributed by atoms with Gasteiger partial charge in [0.1, 0.15) is 5.82 Å². The predicted molar refractivity (Wildman–Crippen MR) is 137 cm³/mol. The maximum absolute atomic E-state index is 13.6. The van der Waals surface area contributed by atoms with Gasteiger partial charge >= 0.3 is 0 Å². The molecule has 5 rings (SSSR count). The van der Waals surface area contributed by atoms with E-state index in [1.807, 2.05) is 74.5 Å². The van der Waals surface area contributed by atoms with Crippen LogP contribution in [0, 0.1) is 6.92 Å². The predicted octanol–water partition coefficient (Wildman–Crippen LogP) is 5.75. The number of nitrogens with zero attached hydrogens (tertiary/aromatic N) is 3. The van der Waals surface area contributed by atoms with Crippen LogP contribution in [0.1, 0.15) is 30.3 Å². The number of amides is 1. The van der Waals surface area contributed by atoms with E-state index in [9.17, 15) is 9.59 Å². The summed E-state index contributed by atoms with van der Waals surface area (Å²) in [4.78, 5) is 33.7. The number of aromatic nitrogens is 2. The first kappa shape index (κ1) is 21.3. The Bertz CT molecular complexity index is 1500. The van der Waals surface area contributed by atoms with E-state index in [1.165, 1.54) is 0 Å². The highest BCUT2D eigenvalue weighted by atomic mass is 79.9. The number of carbonyl (C=O) groups excluding carboxylic acids is 1. The van der Waals surface area contributed by atoms with Gasteiger partial charge in [-0.1, -0.05) is 53.2 Å². The highest BCUT2D eigenvalue weighted by Crippen LogP contribution is 2.39. The van der Waals surface area contributed by atoms with Gasteiger partial charge in [0.05, 0.1) is 27.9 Å². The molecule has 3 aromatic carbocycles. The molecule has 164 valence electrons. The van der Waals surface area contributed by atoms with Crippen molar-refractivity contribution in [3.05, 3.63) is 98.5 Å². The highest BCUT2D eigenvalue weighted by molar-refractivity contribution is 9.10. The van der Waals surface area contributed by atoms with E-state index in [0.29, 0.717) is 28.8 Å². The molecule has 1 amide bonds. The van der Waals surface area contributed by atoms with E-state index in [-0.39, 0.29) is 11.5 Å². The third kappa shape index (κ3) is 3.60. The molecule has 0 radical (unpaired) electrons. The topological polar surface area (TPSA) is 55.2 Å². The Morgan fingerprint density at radius 1 is 0.970 bits per heavy atom.